The average molecular weight is 614 g/mol. The molecule has 0 saturated heterocycles. The maximum absolute atomic E-state index is 13.7. The fraction of sp³-hybridized carbons (Fsp3) is 0.323. The second-order valence-electron chi connectivity index (χ2n) is 10.7. The molecule has 0 bridgehead atoms. The fourth-order valence-corrected chi connectivity index (χ4v) is 4.65. The molecule has 3 aromatic rings. The maximum atomic E-state index is 13.7. The van der Waals surface area contributed by atoms with E-state index in [1.54, 1.807) is 43.3 Å². The number of para-hydroxylation sites is 1. The van der Waals surface area contributed by atoms with Gasteiger partial charge in [0.15, 0.2) is 0 Å². The first-order valence-electron chi connectivity index (χ1n) is 13.9. The molecule has 0 fully saturated rings. The van der Waals surface area contributed by atoms with Crippen LogP contribution >= 0.6 is 0 Å². The number of amides is 5. The molecule has 0 saturated carbocycles. The third-order valence-corrected chi connectivity index (χ3v) is 7.22. The Morgan fingerprint density at radius 1 is 1.00 bits per heavy atom. The van der Waals surface area contributed by atoms with Crippen molar-refractivity contribution < 1.29 is 37.4 Å². The Hall–Kier alpha value is -4.78. The number of carbonyl (C=O) groups excluding carboxylic acids is 3. The second kappa shape index (κ2) is 13.7. The van der Waals surface area contributed by atoms with Crippen LogP contribution in [0.3, 0.4) is 0 Å². The van der Waals surface area contributed by atoms with Crippen LogP contribution in [0.15, 0.2) is 72.8 Å². The van der Waals surface area contributed by atoms with Gasteiger partial charge in [-0.3, -0.25) is 4.79 Å². The third kappa shape index (κ3) is 7.98. The van der Waals surface area contributed by atoms with Gasteiger partial charge >= 0.3 is 18.2 Å². The number of rotatable bonds is 7. The molecule has 1 aliphatic rings. The zero-order valence-electron chi connectivity index (χ0n) is 24.4. The predicted octanol–water partition coefficient (Wildman–Crippen LogP) is 5.73. The van der Waals surface area contributed by atoms with Crippen molar-refractivity contribution in [2.45, 2.75) is 32.2 Å². The van der Waals surface area contributed by atoms with Gasteiger partial charge in [-0.15, -0.1) is 0 Å². The molecule has 0 radical (unpaired) electrons. The molecule has 1 heterocycles. The normalized spacial score (nSPS) is 17.3. The lowest BCUT2D eigenvalue weighted by molar-refractivity contribution is -0.137. The first-order chi connectivity index (χ1) is 20.8. The minimum Gasteiger partial charge on any atom is -0.487 e. The Morgan fingerprint density at radius 3 is 2.25 bits per heavy atom. The summed E-state index contributed by atoms with van der Waals surface area (Å²) in [5.74, 6) is -0.462. The predicted molar refractivity (Wildman–Crippen MR) is 160 cm³/mol. The van der Waals surface area contributed by atoms with E-state index in [0.717, 1.165) is 12.1 Å². The van der Waals surface area contributed by atoms with Crippen LogP contribution in [0.1, 0.15) is 29.8 Å². The molecule has 13 heteroatoms. The molecule has 3 atom stereocenters. The molecule has 5 amide bonds. The summed E-state index contributed by atoms with van der Waals surface area (Å²) in [5, 5.41) is 17.9. The van der Waals surface area contributed by atoms with Crippen LogP contribution in [0.2, 0.25) is 0 Å². The molecular weight excluding hydrogens is 579 g/mol. The van der Waals surface area contributed by atoms with Crippen LogP contribution in [0.5, 0.6) is 5.75 Å². The summed E-state index contributed by atoms with van der Waals surface area (Å²) in [4.78, 5) is 42.0. The lowest BCUT2D eigenvalue weighted by Crippen LogP contribution is -2.50. The molecule has 10 nitrogen and oxygen atoms in total. The highest BCUT2D eigenvalue weighted by atomic mass is 19.4. The van der Waals surface area contributed by atoms with Crippen LogP contribution in [0.25, 0.3) is 0 Å². The van der Waals surface area contributed by atoms with Crippen molar-refractivity contribution in [3.05, 3.63) is 83.9 Å². The van der Waals surface area contributed by atoms with Gasteiger partial charge in [0, 0.05) is 36.6 Å². The minimum atomic E-state index is -4.49. The lowest BCUT2D eigenvalue weighted by Gasteiger charge is -2.38. The maximum Gasteiger partial charge on any atom is 0.416 e. The summed E-state index contributed by atoms with van der Waals surface area (Å²) in [6.45, 7) is 3.55. The van der Waals surface area contributed by atoms with Crippen molar-refractivity contribution in [3.8, 4) is 5.75 Å². The van der Waals surface area contributed by atoms with E-state index in [1.807, 2.05) is 13.0 Å². The Morgan fingerprint density at radius 2 is 1.61 bits per heavy atom. The van der Waals surface area contributed by atoms with Crippen molar-refractivity contribution >= 4 is 35.0 Å². The van der Waals surface area contributed by atoms with Crippen molar-refractivity contribution in [1.29, 1.82) is 0 Å². The molecular formula is C31H34F3N5O5. The molecule has 0 aromatic heterocycles. The van der Waals surface area contributed by atoms with Crippen molar-refractivity contribution in [3.63, 3.8) is 0 Å². The Balaban J connectivity index is 1.52. The molecule has 44 heavy (non-hydrogen) atoms. The van der Waals surface area contributed by atoms with E-state index in [9.17, 15) is 32.7 Å². The Bertz CT molecular complexity index is 1470. The topological polar surface area (TPSA) is 123 Å². The van der Waals surface area contributed by atoms with E-state index in [0.29, 0.717) is 11.4 Å². The quantitative estimate of drug-likeness (QED) is 0.271. The standard InChI is InChI=1S/C31H34F3N5O5/c1-19-16-39(20(2)18-40)28(41)25-15-24(36-29(42)35-22-7-5-4-6-8-22)13-14-26(25)44-27(19)17-38(3)30(43)37-23-11-9-21(10-12-23)31(32,33)34/h4-15,19-20,27,40H,16-18H2,1-3H3,(H,37,43)(H2,35,36,42)/t19-,20+,27-/m0/s1. The number of halogens is 3. The van der Waals surface area contributed by atoms with Gasteiger partial charge in [0.2, 0.25) is 0 Å². The van der Waals surface area contributed by atoms with Crippen LogP contribution in [0.4, 0.5) is 39.8 Å². The number of aliphatic hydroxyl groups excluding tert-OH is 1. The number of benzene rings is 3. The van der Waals surface area contributed by atoms with Gasteiger partial charge in [0.1, 0.15) is 11.9 Å². The van der Waals surface area contributed by atoms with E-state index < -0.39 is 41.9 Å². The number of aliphatic hydroxyl groups is 1. The number of hydrogen-bond donors (Lipinski definition) is 4. The molecule has 4 N–H and O–H groups in total. The summed E-state index contributed by atoms with van der Waals surface area (Å²) < 4.78 is 44.9. The molecule has 0 spiro atoms. The smallest absolute Gasteiger partial charge is 0.416 e. The summed E-state index contributed by atoms with van der Waals surface area (Å²) in [6.07, 6.45) is -5.10. The molecule has 234 valence electrons. The monoisotopic (exact) mass is 613 g/mol. The highest BCUT2D eigenvalue weighted by Crippen LogP contribution is 2.32. The summed E-state index contributed by atoms with van der Waals surface area (Å²) in [6, 6.07) is 16.0. The number of hydrogen-bond acceptors (Lipinski definition) is 5. The number of likely N-dealkylation sites (N-methyl/N-ethyl adjacent to an activating group) is 1. The number of carbonyl (C=O) groups is 3. The highest BCUT2D eigenvalue weighted by Gasteiger charge is 2.34. The average Bonchev–Trinajstić information content (AvgIpc) is 2.99. The van der Waals surface area contributed by atoms with Crippen LogP contribution in [-0.2, 0) is 6.18 Å². The number of urea groups is 2. The number of nitrogens with zero attached hydrogens (tertiary/aromatic N) is 2. The highest BCUT2D eigenvalue weighted by molar-refractivity contribution is 6.02. The van der Waals surface area contributed by atoms with Gasteiger partial charge in [-0.25, -0.2) is 9.59 Å². The second-order valence-corrected chi connectivity index (χ2v) is 10.7. The Kier molecular flexibility index (Phi) is 9.99. The minimum absolute atomic E-state index is 0.0715. The van der Waals surface area contributed by atoms with Gasteiger partial charge in [-0.2, -0.15) is 13.2 Å². The largest absolute Gasteiger partial charge is 0.487 e. The lowest BCUT2D eigenvalue weighted by atomic mass is 9.99. The zero-order valence-corrected chi connectivity index (χ0v) is 24.4. The van der Waals surface area contributed by atoms with Gasteiger partial charge < -0.3 is 35.6 Å². The molecule has 0 unspecified atom stereocenters. The molecule has 3 aromatic carbocycles. The number of ether oxygens (including phenoxy) is 1. The zero-order chi connectivity index (χ0) is 32.0. The molecule has 1 aliphatic heterocycles. The molecule has 0 aliphatic carbocycles. The van der Waals surface area contributed by atoms with Gasteiger partial charge in [0.05, 0.1) is 30.3 Å². The third-order valence-electron chi connectivity index (χ3n) is 7.22. The number of fused-ring (bicyclic) bond motifs is 1. The fourth-order valence-electron chi connectivity index (χ4n) is 4.65. The van der Waals surface area contributed by atoms with Crippen molar-refractivity contribution in [1.82, 2.24) is 9.80 Å². The van der Waals surface area contributed by atoms with Gasteiger partial charge in [-0.1, -0.05) is 25.1 Å². The van der Waals surface area contributed by atoms with Crippen LogP contribution in [0, 0.1) is 5.92 Å². The SMILES string of the molecule is C[C@H](CO)N1C[C@H](C)[C@H](CN(C)C(=O)Nc2ccc(C(F)(F)F)cc2)Oc2ccc(NC(=O)Nc3ccccc3)cc2C1=O. The van der Waals surface area contributed by atoms with E-state index in [-0.39, 0.29) is 42.6 Å². The summed E-state index contributed by atoms with van der Waals surface area (Å²) in [5.41, 5.74) is 0.449. The number of alkyl halides is 3. The molecule has 4 rings (SSSR count). The van der Waals surface area contributed by atoms with Crippen molar-refractivity contribution in [2.24, 2.45) is 5.92 Å². The van der Waals surface area contributed by atoms with E-state index in [2.05, 4.69) is 16.0 Å². The van der Waals surface area contributed by atoms with Gasteiger partial charge in [0.25, 0.3) is 5.91 Å². The summed E-state index contributed by atoms with van der Waals surface area (Å²) >= 11 is 0. The van der Waals surface area contributed by atoms with Gasteiger partial charge in [-0.05, 0) is 61.5 Å². The summed E-state index contributed by atoms with van der Waals surface area (Å²) in [7, 11) is 1.52. The van der Waals surface area contributed by atoms with Crippen molar-refractivity contribution in [2.75, 3.05) is 42.7 Å². The first kappa shape index (κ1) is 32.1. The van der Waals surface area contributed by atoms with E-state index in [1.165, 1.54) is 35.0 Å². The van der Waals surface area contributed by atoms with E-state index >= 15 is 0 Å². The first-order valence-corrected chi connectivity index (χ1v) is 13.9. The Labute approximate surface area is 252 Å². The van der Waals surface area contributed by atoms with E-state index in [4.69, 9.17) is 4.74 Å². The number of nitrogens with one attached hydrogen (secondary N) is 3. The van der Waals surface area contributed by atoms with Crippen LogP contribution < -0.4 is 20.7 Å². The van der Waals surface area contributed by atoms with Crippen LogP contribution in [-0.4, -0.2) is 71.8 Å². The number of anilines is 3.